The molecule has 0 saturated carbocycles. The van der Waals surface area contributed by atoms with Crippen molar-refractivity contribution in [1.82, 2.24) is 9.66 Å². The summed E-state index contributed by atoms with van der Waals surface area (Å²) < 4.78 is 41.2. The lowest BCUT2D eigenvalue weighted by atomic mass is 10.2. The molecule has 1 aromatic heterocycles. The lowest BCUT2D eigenvalue weighted by Crippen LogP contribution is -2.24. The Balaban J connectivity index is 1.72. The van der Waals surface area contributed by atoms with Gasteiger partial charge in [0, 0.05) is 5.56 Å². The number of nitrogens with zero attached hydrogens (tertiary/aromatic N) is 2. The summed E-state index contributed by atoms with van der Waals surface area (Å²) in [5, 5.41) is 1.90. The maximum atomic E-state index is 13.7. The second-order valence-electron chi connectivity index (χ2n) is 5.65. The normalized spacial score (nSPS) is 12.0. The molecular weight excluding hydrogens is 377 g/mol. The first-order valence-corrected chi connectivity index (χ1v) is 8.75. The molecule has 27 heavy (non-hydrogen) atoms. The van der Waals surface area contributed by atoms with E-state index in [1.807, 2.05) is 30.3 Å². The molecule has 0 aliphatic rings. The third-order valence-electron chi connectivity index (χ3n) is 3.71. The Morgan fingerprint density at radius 1 is 1.15 bits per heavy atom. The quantitative estimate of drug-likeness (QED) is 0.394. The number of halogens is 3. The molecule has 3 aromatic rings. The number of thioether (sulfide) groups is 1. The van der Waals surface area contributed by atoms with Gasteiger partial charge in [-0.25, -0.2) is 22.8 Å². The van der Waals surface area contributed by atoms with Gasteiger partial charge in [-0.2, -0.15) is 0 Å². The van der Waals surface area contributed by atoms with Crippen molar-refractivity contribution >= 4 is 23.4 Å². The predicted octanol–water partition coefficient (Wildman–Crippen LogP) is 3.80. The van der Waals surface area contributed by atoms with E-state index in [1.165, 1.54) is 4.68 Å². The Hall–Kier alpha value is -2.94. The molecule has 0 fully saturated rings. The Morgan fingerprint density at radius 2 is 1.85 bits per heavy atom. The number of carbonyl (C=O) groups is 1. The van der Waals surface area contributed by atoms with Crippen LogP contribution in [0.25, 0.3) is 11.3 Å². The van der Waals surface area contributed by atoms with Gasteiger partial charge in [-0.15, -0.1) is 0 Å². The largest absolute Gasteiger partial charge is 0.337 e. The highest BCUT2D eigenvalue weighted by Crippen LogP contribution is 2.27. The van der Waals surface area contributed by atoms with Crippen LogP contribution in [-0.4, -0.2) is 20.8 Å². The number of aromatic nitrogens is 2. The Morgan fingerprint density at radius 3 is 2.56 bits per heavy atom. The maximum absolute atomic E-state index is 13.7. The average Bonchev–Trinajstić information content (AvgIpc) is 3.03. The van der Waals surface area contributed by atoms with Gasteiger partial charge in [0.1, 0.15) is 0 Å². The molecule has 0 unspecified atom stereocenters. The van der Waals surface area contributed by atoms with Crippen molar-refractivity contribution in [2.75, 3.05) is 11.2 Å². The first-order valence-electron chi connectivity index (χ1n) is 7.87. The van der Waals surface area contributed by atoms with Crippen LogP contribution >= 0.6 is 11.8 Å². The molecule has 0 spiro atoms. The van der Waals surface area contributed by atoms with Crippen LogP contribution in [0.5, 0.6) is 0 Å². The van der Waals surface area contributed by atoms with Crippen molar-refractivity contribution in [3.05, 3.63) is 66.1 Å². The number of anilines is 1. The van der Waals surface area contributed by atoms with E-state index in [-0.39, 0.29) is 0 Å². The van der Waals surface area contributed by atoms with Crippen molar-refractivity contribution < 1.29 is 18.0 Å². The molecule has 1 heterocycles. The molecule has 0 aliphatic carbocycles. The average molecular weight is 392 g/mol. The highest BCUT2D eigenvalue weighted by atomic mass is 32.2. The molecule has 3 N–H and O–H groups in total. The summed E-state index contributed by atoms with van der Waals surface area (Å²) in [7, 11) is 0. The molecule has 0 bridgehead atoms. The van der Waals surface area contributed by atoms with Crippen molar-refractivity contribution in [3.63, 3.8) is 0 Å². The molecule has 5 nitrogen and oxygen atoms in total. The highest BCUT2D eigenvalue weighted by Gasteiger charge is 2.21. The summed E-state index contributed by atoms with van der Waals surface area (Å²) in [4.78, 5) is 16.7. The van der Waals surface area contributed by atoms with E-state index in [1.54, 1.807) is 13.1 Å². The van der Waals surface area contributed by atoms with E-state index in [0.717, 1.165) is 29.5 Å². The molecule has 1 atom stereocenters. The third-order valence-corrected chi connectivity index (χ3v) is 4.79. The number of amides is 1. The van der Waals surface area contributed by atoms with Gasteiger partial charge in [0.15, 0.2) is 22.6 Å². The lowest BCUT2D eigenvalue weighted by molar-refractivity contribution is -0.115. The second kappa shape index (κ2) is 7.75. The van der Waals surface area contributed by atoms with Crippen LogP contribution in [0.4, 0.5) is 18.9 Å². The standard InChI is InChI=1S/C18H15F3N4OS/c1-10(17(26)23-13-8-7-12(19)15(20)16(13)21)27-18-24-14(9-25(18)22)11-5-3-2-4-6-11/h2-10H,22H2,1H3,(H,23,26)/t10-/m0/s1. The van der Waals surface area contributed by atoms with Crippen LogP contribution in [-0.2, 0) is 4.79 Å². The molecule has 0 radical (unpaired) electrons. The van der Waals surface area contributed by atoms with Gasteiger partial charge in [0.2, 0.25) is 5.91 Å². The van der Waals surface area contributed by atoms with Crippen LogP contribution < -0.4 is 11.2 Å². The minimum Gasteiger partial charge on any atom is -0.337 e. The number of carbonyl (C=O) groups excluding carboxylic acids is 1. The Labute approximate surface area is 157 Å². The first kappa shape index (κ1) is 18.8. The van der Waals surface area contributed by atoms with Crippen LogP contribution in [0.1, 0.15) is 6.92 Å². The zero-order valence-electron chi connectivity index (χ0n) is 14.1. The lowest BCUT2D eigenvalue weighted by Gasteiger charge is -2.12. The highest BCUT2D eigenvalue weighted by molar-refractivity contribution is 8.00. The van der Waals surface area contributed by atoms with E-state index >= 15 is 0 Å². The van der Waals surface area contributed by atoms with Crippen LogP contribution in [0, 0.1) is 17.5 Å². The number of rotatable bonds is 5. The van der Waals surface area contributed by atoms with Gasteiger partial charge in [-0.3, -0.25) is 4.79 Å². The van der Waals surface area contributed by atoms with Gasteiger partial charge >= 0.3 is 0 Å². The number of hydrogen-bond donors (Lipinski definition) is 2. The molecule has 2 aromatic carbocycles. The zero-order chi connectivity index (χ0) is 19.6. The summed E-state index contributed by atoms with van der Waals surface area (Å²) in [6, 6.07) is 11.1. The number of imidazole rings is 1. The summed E-state index contributed by atoms with van der Waals surface area (Å²) in [6.07, 6.45) is 1.62. The zero-order valence-corrected chi connectivity index (χ0v) is 14.9. The molecule has 9 heteroatoms. The monoisotopic (exact) mass is 392 g/mol. The predicted molar refractivity (Wildman–Crippen MR) is 98.1 cm³/mol. The number of nitrogens with two attached hydrogens (primary N) is 1. The van der Waals surface area contributed by atoms with Gasteiger partial charge in [-0.1, -0.05) is 42.1 Å². The van der Waals surface area contributed by atoms with E-state index in [9.17, 15) is 18.0 Å². The number of benzene rings is 2. The summed E-state index contributed by atoms with van der Waals surface area (Å²) >= 11 is 1.05. The Kier molecular flexibility index (Phi) is 5.41. The molecular formula is C18H15F3N4OS. The Bertz CT molecular complexity index is 978. The fraction of sp³-hybridized carbons (Fsp3) is 0.111. The molecule has 0 saturated heterocycles. The first-order chi connectivity index (χ1) is 12.9. The summed E-state index contributed by atoms with van der Waals surface area (Å²) in [5.41, 5.74) is 1.07. The minimum atomic E-state index is -1.64. The van der Waals surface area contributed by atoms with E-state index in [0.29, 0.717) is 10.9 Å². The molecule has 0 aliphatic heterocycles. The third kappa shape index (κ3) is 4.08. The number of hydrogen-bond acceptors (Lipinski definition) is 4. The van der Waals surface area contributed by atoms with Gasteiger partial charge < -0.3 is 11.2 Å². The van der Waals surface area contributed by atoms with Gasteiger partial charge in [0.05, 0.1) is 22.8 Å². The van der Waals surface area contributed by atoms with Gasteiger partial charge in [0.25, 0.3) is 0 Å². The summed E-state index contributed by atoms with van der Waals surface area (Å²) in [5.74, 6) is 0.869. The number of nitrogen functional groups attached to an aromatic ring is 1. The van der Waals surface area contributed by atoms with Crippen molar-refractivity contribution in [2.45, 2.75) is 17.3 Å². The molecule has 140 valence electrons. The van der Waals surface area contributed by atoms with E-state index in [2.05, 4.69) is 10.3 Å². The van der Waals surface area contributed by atoms with Gasteiger partial charge in [-0.05, 0) is 19.1 Å². The molecule has 3 rings (SSSR count). The topological polar surface area (TPSA) is 72.9 Å². The number of nitrogens with one attached hydrogen (secondary N) is 1. The fourth-order valence-corrected chi connectivity index (χ4v) is 3.09. The maximum Gasteiger partial charge on any atom is 0.237 e. The van der Waals surface area contributed by atoms with Crippen LogP contribution in [0.2, 0.25) is 0 Å². The SMILES string of the molecule is C[C@H](Sc1nc(-c2ccccc2)cn1N)C(=O)Nc1ccc(F)c(F)c1F. The van der Waals surface area contributed by atoms with Crippen molar-refractivity contribution in [3.8, 4) is 11.3 Å². The minimum absolute atomic E-state index is 0.377. The fourth-order valence-electron chi connectivity index (χ4n) is 2.28. The van der Waals surface area contributed by atoms with Crippen molar-refractivity contribution in [2.24, 2.45) is 0 Å². The second-order valence-corrected chi connectivity index (χ2v) is 6.96. The summed E-state index contributed by atoms with van der Waals surface area (Å²) in [6.45, 7) is 1.56. The van der Waals surface area contributed by atoms with E-state index < -0.39 is 34.3 Å². The van der Waals surface area contributed by atoms with Crippen LogP contribution in [0.15, 0.2) is 53.8 Å². The van der Waals surface area contributed by atoms with Crippen molar-refractivity contribution in [1.29, 1.82) is 0 Å². The smallest absolute Gasteiger partial charge is 0.237 e. The van der Waals surface area contributed by atoms with Crippen LogP contribution in [0.3, 0.4) is 0 Å². The van der Waals surface area contributed by atoms with E-state index in [4.69, 9.17) is 5.84 Å². The molecule has 1 amide bonds.